The standard InChI is InChI=1S/C8H12IN2O/c1-12-5-8-4-7(9-6-10)2-3-11-8/h2-4H,5-6,10H2,1H3/q-1. The van der Waals surface area contributed by atoms with Crippen molar-refractivity contribution in [2.75, 3.05) is 11.7 Å². The molecule has 0 saturated heterocycles. The summed E-state index contributed by atoms with van der Waals surface area (Å²) < 4.78 is 7.10. The third-order valence-corrected chi connectivity index (χ3v) is 3.29. The van der Waals surface area contributed by atoms with Crippen LogP contribution in [0.3, 0.4) is 0 Å². The third-order valence-electron chi connectivity index (χ3n) is 1.30. The first kappa shape index (κ1) is 9.88. The van der Waals surface area contributed by atoms with E-state index >= 15 is 0 Å². The van der Waals surface area contributed by atoms with Crippen LogP contribution in [-0.4, -0.2) is 16.6 Å². The van der Waals surface area contributed by atoms with Crippen molar-refractivity contribution < 1.29 is 25.9 Å². The molecule has 0 aliphatic carbocycles. The number of alkyl halides is 1. The molecule has 0 spiro atoms. The van der Waals surface area contributed by atoms with Gasteiger partial charge in [0, 0.05) is 0 Å². The van der Waals surface area contributed by atoms with E-state index in [1.165, 1.54) is 3.57 Å². The second-order valence-corrected chi connectivity index (χ2v) is 5.08. The Balaban J connectivity index is 2.67. The van der Waals surface area contributed by atoms with Gasteiger partial charge >= 0.3 is 82.5 Å². The monoisotopic (exact) mass is 279 g/mol. The Morgan fingerprint density at radius 3 is 3.17 bits per heavy atom. The van der Waals surface area contributed by atoms with E-state index in [0.717, 1.165) is 10.2 Å². The van der Waals surface area contributed by atoms with E-state index in [1.807, 2.05) is 12.3 Å². The van der Waals surface area contributed by atoms with Gasteiger partial charge in [-0.2, -0.15) is 0 Å². The molecule has 0 amide bonds. The molecule has 0 bridgehead atoms. The fourth-order valence-corrected chi connectivity index (χ4v) is 2.35. The van der Waals surface area contributed by atoms with E-state index in [4.69, 9.17) is 10.5 Å². The Morgan fingerprint density at radius 1 is 1.67 bits per heavy atom. The van der Waals surface area contributed by atoms with Crippen molar-refractivity contribution >= 4 is 0 Å². The Hall–Kier alpha value is -0.200. The van der Waals surface area contributed by atoms with Gasteiger partial charge in [-0.1, -0.05) is 0 Å². The van der Waals surface area contributed by atoms with Crippen LogP contribution in [0.2, 0.25) is 0 Å². The molecule has 0 saturated carbocycles. The summed E-state index contributed by atoms with van der Waals surface area (Å²) in [6.45, 7) is 0.585. The third kappa shape index (κ3) is 3.04. The number of aromatic nitrogens is 1. The van der Waals surface area contributed by atoms with E-state index in [9.17, 15) is 0 Å². The number of nitrogens with zero attached hydrogens (tertiary/aromatic N) is 1. The Labute approximate surface area is 82.6 Å². The number of nitrogens with two attached hydrogens (primary N) is 1. The van der Waals surface area contributed by atoms with Crippen LogP contribution >= 0.6 is 0 Å². The van der Waals surface area contributed by atoms with Gasteiger partial charge in [-0.05, 0) is 0 Å². The molecular formula is C8H12IN2O-. The van der Waals surface area contributed by atoms with Crippen molar-refractivity contribution in [2.45, 2.75) is 6.61 Å². The SMILES string of the molecule is COCc1cc([I-]CN)ccn1. The summed E-state index contributed by atoms with van der Waals surface area (Å²) in [6, 6.07) is 4.10. The number of rotatable bonds is 4. The molecule has 0 radical (unpaired) electrons. The van der Waals surface area contributed by atoms with E-state index in [1.54, 1.807) is 7.11 Å². The Bertz CT molecular complexity index is 221. The maximum atomic E-state index is 5.48. The van der Waals surface area contributed by atoms with Gasteiger partial charge in [-0.3, -0.25) is 0 Å². The van der Waals surface area contributed by atoms with Crippen LogP contribution in [0.5, 0.6) is 0 Å². The average molecular weight is 279 g/mol. The first-order chi connectivity index (χ1) is 5.86. The van der Waals surface area contributed by atoms with E-state index < -0.39 is 0 Å². The average Bonchev–Trinajstić information content (AvgIpc) is 2.06. The van der Waals surface area contributed by atoms with Crippen molar-refractivity contribution in [2.24, 2.45) is 5.73 Å². The maximum absolute atomic E-state index is 5.48. The molecule has 1 rings (SSSR count). The molecule has 0 unspecified atom stereocenters. The summed E-state index contributed by atoms with van der Waals surface area (Å²) >= 11 is -0.0161. The fraction of sp³-hybridized carbons (Fsp3) is 0.375. The van der Waals surface area contributed by atoms with Gasteiger partial charge in [-0.15, -0.1) is 0 Å². The predicted molar refractivity (Wildman–Crippen MR) is 42.7 cm³/mol. The van der Waals surface area contributed by atoms with Crippen LogP contribution in [0.15, 0.2) is 18.3 Å². The molecule has 4 heteroatoms. The van der Waals surface area contributed by atoms with Gasteiger partial charge in [0.25, 0.3) is 0 Å². The van der Waals surface area contributed by atoms with Crippen molar-refractivity contribution in [3.63, 3.8) is 0 Å². The van der Waals surface area contributed by atoms with Crippen LogP contribution in [0, 0.1) is 3.57 Å². The van der Waals surface area contributed by atoms with Crippen molar-refractivity contribution in [3.8, 4) is 0 Å². The van der Waals surface area contributed by atoms with Gasteiger partial charge in [0.2, 0.25) is 0 Å². The quantitative estimate of drug-likeness (QED) is 0.374. The summed E-state index contributed by atoms with van der Waals surface area (Å²) in [5.41, 5.74) is 6.47. The summed E-state index contributed by atoms with van der Waals surface area (Å²) in [6.07, 6.45) is 1.82. The summed E-state index contributed by atoms with van der Waals surface area (Å²) in [4.78, 5) is 4.16. The van der Waals surface area contributed by atoms with Crippen LogP contribution in [0.25, 0.3) is 0 Å². The molecule has 1 heterocycles. The summed E-state index contributed by atoms with van der Waals surface area (Å²) in [7, 11) is 1.67. The molecule has 0 aliphatic rings. The number of hydrogen-bond acceptors (Lipinski definition) is 3. The zero-order valence-electron chi connectivity index (χ0n) is 6.96. The van der Waals surface area contributed by atoms with Crippen LogP contribution < -0.4 is 26.9 Å². The number of ether oxygens (including phenoxy) is 1. The first-order valence-electron chi connectivity index (χ1n) is 3.60. The first-order valence-corrected chi connectivity index (χ1v) is 6.20. The van der Waals surface area contributed by atoms with Crippen molar-refractivity contribution in [1.29, 1.82) is 0 Å². The zero-order valence-corrected chi connectivity index (χ0v) is 9.11. The molecule has 1 aromatic heterocycles. The van der Waals surface area contributed by atoms with Crippen molar-refractivity contribution in [3.05, 3.63) is 27.6 Å². The fourth-order valence-electron chi connectivity index (χ4n) is 0.848. The molecule has 0 fully saturated rings. The normalized spacial score (nSPS) is 10.5. The van der Waals surface area contributed by atoms with Crippen LogP contribution in [-0.2, 0) is 11.3 Å². The predicted octanol–water partition coefficient (Wildman–Crippen LogP) is -2.60. The molecular weight excluding hydrogens is 267 g/mol. The molecule has 68 valence electrons. The Kier molecular flexibility index (Phi) is 4.49. The molecule has 0 atom stereocenters. The summed E-state index contributed by atoms with van der Waals surface area (Å²) in [5, 5.41) is 0. The minimum atomic E-state index is -0.0161. The van der Waals surface area contributed by atoms with Crippen LogP contribution in [0.4, 0.5) is 0 Å². The van der Waals surface area contributed by atoms with E-state index in [-0.39, 0.29) is 21.2 Å². The Morgan fingerprint density at radius 2 is 2.50 bits per heavy atom. The number of hydrogen-bond donors (Lipinski definition) is 1. The van der Waals surface area contributed by atoms with Crippen molar-refractivity contribution in [1.82, 2.24) is 4.98 Å². The van der Waals surface area contributed by atoms with Crippen LogP contribution in [0.1, 0.15) is 5.69 Å². The van der Waals surface area contributed by atoms with Gasteiger partial charge in [0.15, 0.2) is 0 Å². The summed E-state index contributed by atoms with van der Waals surface area (Å²) in [5.74, 6) is 0. The molecule has 0 aliphatic heterocycles. The molecule has 1 aromatic rings. The number of halogens is 1. The van der Waals surface area contributed by atoms with Gasteiger partial charge in [-0.25, -0.2) is 0 Å². The van der Waals surface area contributed by atoms with Gasteiger partial charge in [0.1, 0.15) is 0 Å². The molecule has 0 aromatic carbocycles. The van der Waals surface area contributed by atoms with E-state index in [0.29, 0.717) is 6.61 Å². The van der Waals surface area contributed by atoms with E-state index in [2.05, 4.69) is 11.1 Å². The number of pyridine rings is 1. The minimum absolute atomic E-state index is 0.0161. The molecule has 2 N–H and O–H groups in total. The number of methoxy groups -OCH3 is 1. The van der Waals surface area contributed by atoms with Gasteiger partial charge < -0.3 is 0 Å². The second-order valence-electron chi connectivity index (χ2n) is 2.19. The van der Waals surface area contributed by atoms with Gasteiger partial charge in [0.05, 0.1) is 0 Å². The topological polar surface area (TPSA) is 48.1 Å². The molecule has 12 heavy (non-hydrogen) atoms. The molecule has 3 nitrogen and oxygen atoms in total. The second kappa shape index (κ2) is 5.45. The zero-order chi connectivity index (χ0) is 8.81.